The van der Waals surface area contributed by atoms with Crippen molar-refractivity contribution in [3.63, 3.8) is 0 Å². The highest BCUT2D eigenvalue weighted by atomic mass is 16.7. The minimum absolute atomic E-state index is 0.0556. The molecule has 0 aromatic heterocycles. The van der Waals surface area contributed by atoms with Crippen molar-refractivity contribution in [2.24, 2.45) is 11.3 Å². The van der Waals surface area contributed by atoms with Gasteiger partial charge in [0.15, 0.2) is 5.79 Å². The zero-order chi connectivity index (χ0) is 12.0. The molecular formula is C12H21NO3. The monoisotopic (exact) mass is 227 g/mol. The number of hydrogen-bond donors (Lipinski definition) is 0. The van der Waals surface area contributed by atoms with E-state index < -0.39 is 5.79 Å². The highest BCUT2D eigenvalue weighted by Gasteiger charge is 2.50. The third-order valence-electron chi connectivity index (χ3n) is 3.31. The van der Waals surface area contributed by atoms with Gasteiger partial charge in [0.25, 0.3) is 0 Å². The maximum absolute atomic E-state index is 11.7. The molecule has 0 radical (unpaired) electrons. The molecule has 0 saturated carbocycles. The summed E-state index contributed by atoms with van der Waals surface area (Å²) in [7, 11) is 0. The van der Waals surface area contributed by atoms with E-state index in [0.29, 0.717) is 13.2 Å². The summed E-state index contributed by atoms with van der Waals surface area (Å²) < 4.78 is 11.3. The SMILES string of the molecule is CC(C)C(=O)N1CC2(COC(C)(C)OC2)C1. The van der Waals surface area contributed by atoms with Crippen LogP contribution in [0.4, 0.5) is 0 Å². The predicted octanol–water partition coefficient (Wildman–Crippen LogP) is 1.25. The molecule has 0 aromatic rings. The van der Waals surface area contributed by atoms with E-state index in [-0.39, 0.29) is 17.2 Å². The Hall–Kier alpha value is -0.610. The lowest BCUT2D eigenvalue weighted by atomic mass is 9.80. The quantitative estimate of drug-likeness (QED) is 0.677. The van der Waals surface area contributed by atoms with Gasteiger partial charge >= 0.3 is 0 Å². The van der Waals surface area contributed by atoms with Crippen LogP contribution in [0.25, 0.3) is 0 Å². The Bertz CT molecular complexity index is 281. The Morgan fingerprint density at radius 1 is 1.19 bits per heavy atom. The van der Waals surface area contributed by atoms with E-state index in [9.17, 15) is 4.79 Å². The van der Waals surface area contributed by atoms with Gasteiger partial charge in [0.2, 0.25) is 5.91 Å². The number of carbonyl (C=O) groups is 1. The summed E-state index contributed by atoms with van der Waals surface area (Å²) >= 11 is 0. The smallest absolute Gasteiger partial charge is 0.225 e. The highest BCUT2D eigenvalue weighted by molar-refractivity contribution is 5.79. The van der Waals surface area contributed by atoms with E-state index in [1.165, 1.54) is 0 Å². The van der Waals surface area contributed by atoms with Crippen LogP contribution in [0.3, 0.4) is 0 Å². The van der Waals surface area contributed by atoms with Gasteiger partial charge in [0.1, 0.15) is 0 Å². The van der Waals surface area contributed by atoms with Gasteiger partial charge in [-0.05, 0) is 13.8 Å². The normalized spacial score (nSPS) is 26.9. The first kappa shape index (κ1) is 11.9. The van der Waals surface area contributed by atoms with Crippen molar-refractivity contribution in [1.82, 2.24) is 4.90 Å². The number of hydrogen-bond acceptors (Lipinski definition) is 3. The van der Waals surface area contributed by atoms with E-state index in [2.05, 4.69) is 0 Å². The summed E-state index contributed by atoms with van der Waals surface area (Å²) in [4.78, 5) is 13.6. The van der Waals surface area contributed by atoms with E-state index in [1.54, 1.807) is 0 Å². The average molecular weight is 227 g/mol. The molecule has 0 unspecified atom stereocenters. The number of nitrogens with zero attached hydrogens (tertiary/aromatic N) is 1. The molecule has 2 rings (SSSR count). The average Bonchev–Trinajstić information content (AvgIpc) is 2.14. The maximum Gasteiger partial charge on any atom is 0.225 e. The maximum atomic E-state index is 11.7. The molecule has 2 aliphatic heterocycles. The molecule has 0 atom stereocenters. The second-order valence-electron chi connectivity index (χ2n) is 5.83. The van der Waals surface area contributed by atoms with E-state index in [1.807, 2.05) is 32.6 Å². The van der Waals surface area contributed by atoms with Crippen LogP contribution in [0, 0.1) is 11.3 Å². The predicted molar refractivity (Wildman–Crippen MR) is 59.8 cm³/mol. The molecular weight excluding hydrogens is 206 g/mol. The van der Waals surface area contributed by atoms with Gasteiger partial charge < -0.3 is 14.4 Å². The number of rotatable bonds is 1. The lowest BCUT2D eigenvalue weighted by molar-refractivity contribution is -0.303. The molecule has 4 heteroatoms. The Labute approximate surface area is 96.9 Å². The van der Waals surface area contributed by atoms with Crippen LogP contribution in [-0.4, -0.2) is 42.9 Å². The molecule has 92 valence electrons. The Morgan fingerprint density at radius 2 is 1.69 bits per heavy atom. The lowest BCUT2D eigenvalue weighted by Crippen LogP contribution is -2.66. The number of amides is 1. The van der Waals surface area contributed by atoms with Gasteiger partial charge in [-0.15, -0.1) is 0 Å². The van der Waals surface area contributed by atoms with Gasteiger partial charge in [-0.3, -0.25) is 4.79 Å². The van der Waals surface area contributed by atoms with Crippen molar-refractivity contribution in [3.8, 4) is 0 Å². The van der Waals surface area contributed by atoms with Gasteiger partial charge in [-0.1, -0.05) is 13.8 Å². The summed E-state index contributed by atoms with van der Waals surface area (Å²) in [6.07, 6.45) is 0. The Balaban J connectivity index is 1.86. The summed E-state index contributed by atoms with van der Waals surface area (Å²) in [5, 5.41) is 0. The molecule has 2 aliphatic rings. The lowest BCUT2D eigenvalue weighted by Gasteiger charge is -2.54. The second kappa shape index (κ2) is 3.70. The minimum Gasteiger partial charge on any atom is -0.350 e. The molecule has 16 heavy (non-hydrogen) atoms. The third-order valence-corrected chi connectivity index (χ3v) is 3.31. The molecule has 0 N–H and O–H groups in total. The molecule has 0 aromatic carbocycles. The van der Waals surface area contributed by atoms with Crippen LogP contribution in [0.5, 0.6) is 0 Å². The van der Waals surface area contributed by atoms with Crippen molar-refractivity contribution in [2.75, 3.05) is 26.3 Å². The fraction of sp³-hybridized carbons (Fsp3) is 0.917. The molecule has 2 saturated heterocycles. The molecule has 1 spiro atoms. The van der Waals surface area contributed by atoms with Crippen molar-refractivity contribution >= 4 is 5.91 Å². The van der Waals surface area contributed by atoms with Gasteiger partial charge in [-0.25, -0.2) is 0 Å². The van der Waals surface area contributed by atoms with Crippen LogP contribution in [0.2, 0.25) is 0 Å². The minimum atomic E-state index is -0.465. The van der Waals surface area contributed by atoms with E-state index >= 15 is 0 Å². The summed E-state index contributed by atoms with van der Waals surface area (Å²) in [5.74, 6) is -0.150. The number of ether oxygens (including phenoxy) is 2. The van der Waals surface area contributed by atoms with Crippen molar-refractivity contribution in [2.45, 2.75) is 33.5 Å². The summed E-state index contributed by atoms with van der Waals surface area (Å²) in [5.41, 5.74) is 0.0556. The summed E-state index contributed by atoms with van der Waals surface area (Å²) in [6, 6.07) is 0. The van der Waals surface area contributed by atoms with Crippen molar-refractivity contribution in [3.05, 3.63) is 0 Å². The topological polar surface area (TPSA) is 38.8 Å². The van der Waals surface area contributed by atoms with Crippen molar-refractivity contribution < 1.29 is 14.3 Å². The van der Waals surface area contributed by atoms with Crippen molar-refractivity contribution in [1.29, 1.82) is 0 Å². The Kier molecular flexibility index (Phi) is 2.75. The standard InChI is InChI=1S/C12H21NO3/c1-9(2)10(14)13-5-12(6-13)7-15-11(3,4)16-8-12/h9H,5-8H2,1-4H3. The zero-order valence-electron chi connectivity index (χ0n) is 10.6. The molecule has 1 amide bonds. The molecule has 0 bridgehead atoms. The molecule has 4 nitrogen and oxygen atoms in total. The zero-order valence-corrected chi connectivity index (χ0v) is 10.6. The molecule has 0 aliphatic carbocycles. The molecule has 2 fully saturated rings. The van der Waals surface area contributed by atoms with E-state index in [0.717, 1.165) is 13.1 Å². The second-order valence-corrected chi connectivity index (χ2v) is 5.83. The third kappa shape index (κ3) is 2.09. The fourth-order valence-electron chi connectivity index (χ4n) is 2.20. The van der Waals surface area contributed by atoms with Gasteiger partial charge in [-0.2, -0.15) is 0 Å². The van der Waals surface area contributed by atoms with Crippen LogP contribution < -0.4 is 0 Å². The Morgan fingerprint density at radius 3 is 2.12 bits per heavy atom. The first-order valence-corrected chi connectivity index (χ1v) is 5.90. The van der Waals surface area contributed by atoms with Crippen LogP contribution in [0.1, 0.15) is 27.7 Å². The first-order valence-electron chi connectivity index (χ1n) is 5.90. The number of likely N-dealkylation sites (tertiary alicyclic amines) is 1. The molecule has 2 heterocycles. The van der Waals surface area contributed by atoms with Gasteiger partial charge in [0.05, 0.1) is 18.6 Å². The van der Waals surface area contributed by atoms with Crippen LogP contribution in [0.15, 0.2) is 0 Å². The van der Waals surface area contributed by atoms with E-state index in [4.69, 9.17) is 9.47 Å². The fourth-order valence-corrected chi connectivity index (χ4v) is 2.20. The first-order chi connectivity index (χ1) is 7.34. The van der Waals surface area contributed by atoms with Crippen LogP contribution >= 0.6 is 0 Å². The highest BCUT2D eigenvalue weighted by Crippen LogP contribution is 2.37. The van der Waals surface area contributed by atoms with Gasteiger partial charge in [0, 0.05) is 19.0 Å². The number of carbonyl (C=O) groups excluding carboxylic acids is 1. The largest absolute Gasteiger partial charge is 0.350 e. The summed E-state index contributed by atoms with van der Waals surface area (Å²) in [6.45, 7) is 10.7. The van der Waals surface area contributed by atoms with Crippen LogP contribution in [-0.2, 0) is 14.3 Å².